The van der Waals surface area contributed by atoms with E-state index in [1.165, 1.54) is 0 Å². The molecule has 0 bridgehead atoms. The number of carbonyl (C=O) groups excluding carboxylic acids is 2. The highest BCUT2D eigenvalue weighted by Crippen LogP contribution is 2.45. The molecule has 1 aliphatic carbocycles. The van der Waals surface area contributed by atoms with Crippen LogP contribution in [-0.4, -0.2) is 16.7 Å². The second kappa shape index (κ2) is 8.54. The predicted molar refractivity (Wildman–Crippen MR) is 125 cm³/mol. The van der Waals surface area contributed by atoms with Crippen molar-refractivity contribution < 1.29 is 14.0 Å². The summed E-state index contributed by atoms with van der Waals surface area (Å²) >= 11 is 0. The third-order valence-corrected chi connectivity index (χ3v) is 6.30. The first-order valence-electron chi connectivity index (χ1n) is 11.1. The van der Waals surface area contributed by atoms with Crippen LogP contribution >= 0.6 is 0 Å². The fraction of sp³-hybridized carbons (Fsp3) is 0.222. The van der Waals surface area contributed by atoms with Crippen LogP contribution in [0.4, 0.5) is 5.82 Å². The molecule has 6 heteroatoms. The number of pyridine rings is 1. The molecular formula is C27H25N3O3. The number of hydrogen-bond donors (Lipinski definition) is 2. The van der Waals surface area contributed by atoms with Crippen LogP contribution in [0.15, 0.2) is 94.0 Å². The highest BCUT2D eigenvalue weighted by Gasteiger charge is 2.41. The maximum Gasteiger partial charge on any atom is 0.255 e. The Kier molecular flexibility index (Phi) is 5.42. The van der Waals surface area contributed by atoms with E-state index in [4.69, 9.17) is 4.42 Å². The molecule has 0 spiro atoms. The molecular weight excluding hydrogens is 414 g/mol. The molecule has 2 N–H and O–H groups in total. The lowest BCUT2D eigenvalue weighted by molar-refractivity contribution is -0.116. The van der Waals surface area contributed by atoms with Crippen LogP contribution in [-0.2, 0) is 9.59 Å². The fourth-order valence-electron chi connectivity index (χ4n) is 4.77. The van der Waals surface area contributed by atoms with Crippen molar-refractivity contribution in [3.05, 3.63) is 106 Å². The topological polar surface area (TPSA) is 84.2 Å². The number of hydrogen-bond acceptors (Lipinski definition) is 5. The second-order valence-electron chi connectivity index (χ2n) is 8.62. The number of anilines is 1. The summed E-state index contributed by atoms with van der Waals surface area (Å²) in [4.78, 5) is 31.3. The van der Waals surface area contributed by atoms with Gasteiger partial charge in [0.2, 0.25) is 0 Å². The van der Waals surface area contributed by atoms with Gasteiger partial charge in [0.25, 0.3) is 5.91 Å². The van der Waals surface area contributed by atoms with Crippen LogP contribution in [0.2, 0.25) is 0 Å². The highest BCUT2D eigenvalue weighted by molar-refractivity contribution is 6.09. The number of dihydropyridines is 1. The SMILES string of the molecule is CC1=C(C(=O)Nc2ccc(C)cn2)[C@@H](c2ccccc2)C2=C(C[C@H](c3ccco3)CC2=O)N1. The zero-order valence-corrected chi connectivity index (χ0v) is 18.6. The van der Waals surface area contributed by atoms with Crippen LogP contribution < -0.4 is 10.6 Å². The summed E-state index contributed by atoms with van der Waals surface area (Å²) in [5, 5.41) is 6.30. The van der Waals surface area contributed by atoms with E-state index in [2.05, 4.69) is 15.6 Å². The van der Waals surface area contributed by atoms with Gasteiger partial charge in [-0.2, -0.15) is 0 Å². The Labute approximate surface area is 192 Å². The van der Waals surface area contributed by atoms with Crippen molar-refractivity contribution in [2.24, 2.45) is 0 Å². The number of ketones is 1. The van der Waals surface area contributed by atoms with Crippen LogP contribution in [0.5, 0.6) is 0 Å². The largest absolute Gasteiger partial charge is 0.469 e. The average Bonchev–Trinajstić information content (AvgIpc) is 3.35. The van der Waals surface area contributed by atoms with Crippen molar-refractivity contribution in [3.8, 4) is 0 Å². The van der Waals surface area contributed by atoms with Crippen molar-refractivity contribution in [2.45, 2.75) is 38.5 Å². The van der Waals surface area contributed by atoms with Crippen LogP contribution in [0.1, 0.15) is 48.5 Å². The first-order chi connectivity index (χ1) is 16.0. The quantitative estimate of drug-likeness (QED) is 0.599. The number of nitrogens with zero attached hydrogens (tertiary/aromatic N) is 1. The standard InChI is InChI=1S/C27H25N3O3/c1-16-10-11-23(28-15-16)30-27(32)24-17(2)29-20-13-19(22-9-6-12-33-22)14-21(31)26(20)25(24)18-7-4-3-5-8-18/h3-12,15,19,25,29H,13-14H2,1-2H3,(H,28,30,32)/t19-,25+/m0/s1. The summed E-state index contributed by atoms with van der Waals surface area (Å²) in [6.45, 7) is 3.83. The number of nitrogens with one attached hydrogen (secondary N) is 2. The molecule has 0 saturated heterocycles. The van der Waals surface area contributed by atoms with Crippen molar-refractivity contribution in [3.63, 3.8) is 0 Å². The Morgan fingerprint density at radius 3 is 2.58 bits per heavy atom. The molecule has 0 fully saturated rings. The molecule has 166 valence electrons. The van der Waals surface area contributed by atoms with Gasteiger partial charge < -0.3 is 15.1 Å². The Balaban J connectivity index is 1.54. The number of amides is 1. The summed E-state index contributed by atoms with van der Waals surface area (Å²) in [7, 11) is 0. The van der Waals surface area contributed by atoms with Crippen LogP contribution in [0.25, 0.3) is 0 Å². The van der Waals surface area contributed by atoms with Gasteiger partial charge in [-0.25, -0.2) is 4.98 Å². The molecule has 5 rings (SSSR count). The molecule has 3 aromatic rings. The van der Waals surface area contributed by atoms with E-state index in [0.29, 0.717) is 29.8 Å². The fourth-order valence-corrected chi connectivity index (χ4v) is 4.77. The monoisotopic (exact) mass is 439 g/mol. The molecule has 0 unspecified atom stereocenters. The lowest BCUT2D eigenvalue weighted by Crippen LogP contribution is -2.37. The summed E-state index contributed by atoms with van der Waals surface area (Å²) in [5.41, 5.74) is 4.73. The molecule has 3 heterocycles. The molecule has 6 nitrogen and oxygen atoms in total. The van der Waals surface area contributed by atoms with Gasteiger partial charge in [-0.05, 0) is 49.6 Å². The second-order valence-corrected chi connectivity index (χ2v) is 8.62. The summed E-state index contributed by atoms with van der Waals surface area (Å²) in [5.74, 6) is 0.588. The average molecular weight is 440 g/mol. The van der Waals surface area contributed by atoms with Gasteiger partial charge >= 0.3 is 0 Å². The van der Waals surface area contributed by atoms with Crippen molar-refractivity contribution in [1.82, 2.24) is 10.3 Å². The number of rotatable bonds is 4. The third-order valence-electron chi connectivity index (χ3n) is 6.30. The highest BCUT2D eigenvalue weighted by atomic mass is 16.3. The predicted octanol–water partition coefficient (Wildman–Crippen LogP) is 4.98. The Bertz CT molecular complexity index is 1260. The Morgan fingerprint density at radius 2 is 1.88 bits per heavy atom. The van der Waals surface area contributed by atoms with E-state index in [-0.39, 0.29) is 17.6 Å². The molecule has 2 aliphatic rings. The first-order valence-corrected chi connectivity index (χ1v) is 11.1. The van der Waals surface area contributed by atoms with E-state index < -0.39 is 5.92 Å². The number of furan rings is 1. The van der Waals surface area contributed by atoms with Crippen LogP contribution in [0, 0.1) is 6.92 Å². The Hall–Kier alpha value is -3.93. The maximum absolute atomic E-state index is 13.5. The van der Waals surface area contributed by atoms with E-state index in [9.17, 15) is 9.59 Å². The minimum atomic E-state index is -0.446. The number of allylic oxidation sites excluding steroid dienone is 3. The summed E-state index contributed by atoms with van der Waals surface area (Å²) < 4.78 is 5.59. The normalized spacial score (nSPS) is 20.4. The number of benzene rings is 1. The van der Waals surface area contributed by atoms with Crippen molar-refractivity contribution in [2.75, 3.05) is 5.32 Å². The Morgan fingerprint density at radius 1 is 1.06 bits per heavy atom. The minimum Gasteiger partial charge on any atom is -0.469 e. The molecule has 1 amide bonds. The van der Waals surface area contributed by atoms with Gasteiger partial charge in [-0.15, -0.1) is 0 Å². The van der Waals surface area contributed by atoms with E-state index in [1.807, 2.05) is 62.4 Å². The van der Waals surface area contributed by atoms with Crippen LogP contribution in [0.3, 0.4) is 0 Å². The van der Waals surface area contributed by atoms with E-state index in [0.717, 1.165) is 28.3 Å². The lowest BCUT2D eigenvalue weighted by Gasteiger charge is -2.36. The molecule has 1 aliphatic heterocycles. The molecule has 33 heavy (non-hydrogen) atoms. The van der Waals surface area contributed by atoms with E-state index in [1.54, 1.807) is 18.5 Å². The zero-order valence-electron chi connectivity index (χ0n) is 18.6. The summed E-state index contributed by atoms with van der Waals surface area (Å²) in [6.07, 6.45) is 4.36. The van der Waals surface area contributed by atoms with Crippen molar-refractivity contribution >= 4 is 17.5 Å². The van der Waals surface area contributed by atoms with Crippen molar-refractivity contribution in [1.29, 1.82) is 0 Å². The van der Waals surface area contributed by atoms with Gasteiger partial charge in [0, 0.05) is 47.0 Å². The maximum atomic E-state index is 13.5. The van der Waals surface area contributed by atoms with Gasteiger partial charge in [0.15, 0.2) is 5.78 Å². The van der Waals surface area contributed by atoms with Gasteiger partial charge in [0.05, 0.1) is 6.26 Å². The number of aromatic nitrogens is 1. The summed E-state index contributed by atoms with van der Waals surface area (Å²) in [6, 6.07) is 17.2. The zero-order chi connectivity index (χ0) is 22.9. The molecule has 2 atom stereocenters. The first kappa shape index (κ1) is 20.9. The number of Topliss-reactive ketones (excluding diaryl/α,β-unsaturated/α-hetero) is 1. The van der Waals surface area contributed by atoms with Gasteiger partial charge in [0.1, 0.15) is 11.6 Å². The van der Waals surface area contributed by atoms with Gasteiger partial charge in [-0.1, -0.05) is 36.4 Å². The molecule has 2 aromatic heterocycles. The van der Waals surface area contributed by atoms with Gasteiger partial charge in [-0.3, -0.25) is 9.59 Å². The minimum absolute atomic E-state index is 0.0184. The third kappa shape index (κ3) is 4.00. The number of carbonyl (C=O) groups is 2. The lowest BCUT2D eigenvalue weighted by atomic mass is 9.72. The molecule has 0 radical (unpaired) electrons. The molecule has 1 aromatic carbocycles. The van der Waals surface area contributed by atoms with E-state index >= 15 is 0 Å². The molecule has 0 saturated carbocycles. The number of aryl methyl sites for hydroxylation is 1. The smallest absolute Gasteiger partial charge is 0.255 e.